The first kappa shape index (κ1) is 8.62. The fraction of sp³-hybridized carbons (Fsp3) is 0.500. The maximum atomic E-state index is 8.35. The second kappa shape index (κ2) is 5.75. The van der Waals surface area contributed by atoms with Crippen molar-refractivity contribution in [3.8, 4) is 0 Å². The Morgan fingerprint density at radius 1 is 1.67 bits per heavy atom. The molecule has 0 atom stereocenters. The molecule has 0 bridgehead atoms. The number of nitrogens with zero attached hydrogens (tertiary/aromatic N) is 1. The van der Waals surface area contributed by atoms with Gasteiger partial charge in [-0.05, 0) is 0 Å². The molecule has 53 valence electrons. The minimum atomic E-state index is 0.0562. The van der Waals surface area contributed by atoms with Gasteiger partial charge in [0.05, 0.1) is 13.2 Å². The molecule has 0 aromatic rings. The van der Waals surface area contributed by atoms with Crippen molar-refractivity contribution >= 4 is 0 Å². The summed E-state index contributed by atoms with van der Waals surface area (Å²) in [6, 6.07) is 0. The Kier molecular flexibility index (Phi) is 5.51. The molecule has 3 heteroatoms. The zero-order chi connectivity index (χ0) is 7.11. The first-order valence-electron chi connectivity index (χ1n) is 2.74. The minimum absolute atomic E-state index is 0.0562. The van der Waals surface area contributed by atoms with Crippen LogP contribution in [0.1, 0.15) is 0 Å². The van der Waals surface area contributed by atoms with Gasteiger partial charge in [0.2, 0.25) is 0 Å². The van der Waals surface area contributed by atoms with Crippen molar-refractivity contribution in [1.82, 2.24) is 5.06 Å². The van der Waals surface area contributed by atoms with Crippen LogP contribution in [0.3, 0.4) is 0 Å². The molecule has 1 N–H and O–H groups in total. The number of hydroxylamine groups is 2. The van der Waals surface area contributed by atoms with Crippen molar-refractivity contribution in [2.45, 2.75) is 0 Å². The van der Waals surface area contributed by atoms with Gasteiger partial charge in [-0.1, -0.05) is 6.08 Å². The Morgan fingerprint density at radius 3 is 2.78 bits per heavy atom. The second-order valence-electron chi connectivity index (χ2n) is 1.51. The lowest BCUT2D eigenvalue weighted by Crippen LogP contribution is -2.20. The van der Waals surface area contributed by atoms with E-state index in [4.69, 9.17) is 9.94 Å². The van der Waals surface area contributed by atoms with Crippen molar-refractivity contribution in [3.05, 3.63) is 19.7 Å². The molecule has 9 heavy (non-hydrogen) atoms. The van der Waals surface area contributed by atoms with E-state index in [-0.39, 0.29) is 6.61 Å². The van der Waals surface area contributed by atoms with Crippen molar-refractivity contribution < 1.29 is 9.94 Å². The summed E-state index contributed by atoms with van der Waals surface area (Å²) in [7, 11) is 3.47. The molecule has 0 fully saturated rings. The Balaban J connectivity index is 3.04. The van der Waals surface area contributed by atoms with Gasteiger partial charge in [0, 0.05) is 13.6 Å². The SMILES string of the molecule is [CH2]N(CCO)OCC=C. The quantitative estimate of drug-likeness (QED) is 0.426. The van der Waals surface area contributed by atoms with Gasteiger partial charge in [0.25, 0.3) is 0 Å². The smallest absolute Gasteiger partial charge is 0.0864 e. The van der Waals surface area contributed by atoms with Gasteiger partial charge in [-0.2, -0.15) is 5.06 Å². The number of rotatable bonds is 5. The average molecular weight is 130 g/mol. The molecule has 0 heterocycles. The molecule has 0 rings (SSSR count). The fourth-order valence-corrected chi connectivity index (χ4v) is 0.334. The van der Waals surface area contributed by atoms with Crippen LogP contribution in [0, 0.1) is 7.05 Å². The van der Waals surface area contributed by atoms with Gasteiger partial charge in [0.1, 0.15) is 0 Å². The molecule has 0 aliphatic rings. The van der Waals surface area contributed by atoms with Crippen LogP contribution in [0.25, 0.3) is 0 Å². The van der Waals surface area contributed by atoms with Gasteiger partial charge < -0.3 is 5.11 Å². The molecule has 0 aromatic carbocycles. The van der Waals surface area contributed by atoms with Crippen LogP contribution in [0.15, 0.2) is 12.7 Å². The third-order valence-electron chi connectivity index (χ3n) is 0.724. The third kappa shape index (κ3) is 5.49. The Morgan fingerprint density at radius 2 is 2.33 bits per heavy atom. The summed E-state index contributed by atoms with van der Waals surface area (Å²) in [6.07, 6.45) is 1.62. The first-order valence-corrected chi connectivity index (χ1v) is 2.74. The van der Waals surface area contributed by atoms with Gasteiger partial charge >= 0.3 is 0 Å². The topological polar surface area (TPSA) is 32.7 Å². The van der Waals surface area contributed by atoms with Crippen molar-refractivity contribution in [1.29, 1.82) is 0 Å². The lowest BCUT2D eigenvalue weighted by Gasteiger charge is -2.12. The molecule has 0 saturated carbocycles. The predicted octanol–water partition coefficient (Wildman–Crippen LogP) is 0.190. The summed E-state index contributed by atoms with van der Waals surface area (Å²) in [4.78, 5) is 4.88. The zero-order valence-electron chi connectivity index (χ0n) is 5.42. The Hall–Kier alpha value is -0.380. The highest BCUT2D eigenvalue weighted by Gasteiger charge is 1.92. The van der Waals surface area contributed by atoms with Crippen LogP contribution in [0.5, 0.6) is 0 Å². The van der Waals surface area contributed by atoms with Gasteiger partial charge in [0.15, 0.2) is 0 Å². The number of hydrogen-bond donors (Lipinski definition) is 1. The van der Waals surface area contributed by atoms with E-state index in [2.05, 4.69) is 13.6 Å². The standard InChI is InChI=1S/C6H12NO2/c1-3-6-9-7(2)4-5-8/h3,8H,1-2,4-6H2. The van der Waals surface area contributed by atoms with E-state index in [1.54, 1.807) is 6.08 Å². The molecular weight excluding hydrogens is 118 g/mol. The normalized spacial score (nSPS) is 10.1. The lowest BCUT2D eigenvalue weighted by molar-refractivity contribution is -0.116. The summed E-state index contributed by atoms with van der Waals surface area (Å²) < 4.78 is 0. The summed E-state index contributed by atoms with van der Waals surface area (Å²) in [5.74, 6) is 0. The van der Waals surface area contributed by atoms with Gasteiger partial charge in [-0.25, -0.2) is 0 Å². The second-order valence-corrected chi connectivity index (χ2v) is 1.51. The molecule has 0 aromatic heterocycles. The van der Waals surface area contributed by atoms with E-state index in [0.717, 1.165) is 0 Å². The van der Waals surface area contributed by atoms with E-state index < -0.39 is 0 Å². The highest BCUT2D eigenvalue weighted by molar-refractivity contribution is 4.63. The summed E-state index contributed by atoms with van der Waals surface area (Å²) in [5.41, 5.74) is 0. The van der Waals surface area contributed by atoms with Crippen LogP contribution in [0.2, 0.25) is 0 Å². The van der Waals surface area contributed by atoms with E-state index in [0.29, 0.717) is 13.2 Å². The molecule has 3 nitrogen and oxygen atoms in total. The molecule has 0 aliphatic carbocycles. The summed E-state index contributed by atoms with van der Waals surface area (Å²) in [6.45, 7) is 4.37. The highest BCUT2D eigenvalue weighted by Crippen LogP contribution is 1.84. The maximum absolute atomic E-state index is 8.35. The van der Waals surface area contributed by atoms with E-state index >= 15 is 0 Å². The molecule has 0 aliphatic heterocycles. The van der Waals surface area contributed by atoms with Crippen LogP contribution >= 0.6 is 0 Å². The average Bonchev–Trinajstić information content (AvgIpc) is 1.85. The minimum Gasteiger partial charge on any atom is -0.395 e. The van der Waals surface area contributed by atoms with E-state index in [1.807, 2.05) is 0 Å². The lowest BCUT2D eigenvalue weighted by atomic mass is 10.7. The van der Waals surface area contributed by atoms with Gasteiger partial charge in [-0.3, -0.25) is 4.84 Å². The van der Waals surface area contributed by atoms with E-state index in [1.165, 1.54) is 5.06 Å². The van der Waals surface area contributed by atoms with Crippen LogP contribution in [0.4, 0.5) is 0 Å². The molecule has 0 amide bonds. The van der Waals surface area contributed by atoms with Crippen LogP contribution in [-0.2, 0) is 4.84 Å². The highest BCUT2D eigenvalue weighted by atomic mass is 16.7. The summed E-state index contributed by atoms with van der Waals surface area (Å²) >= 11 is 0. The fourth-order valence-electron chi connectivity index (χ4n) is 0.334. The third-order valence-corrected chi connectivity index (χ3v) is 0.724. The van der Waals surface area contributed by atoms with Crippen molar-refractivity contribution in [2.24, 2.45) is 0 Å². The first-order chi connectivity index (χ1) is 4.31. The zero-order valence-corrected chi connectivity index (χ0v) is 5.42. The number of aliphatic hydroxyl groups is 1. The van der Waals surface area contributed by atoms with Crippen LogP contribution < -0.4 is 0 Å². The largest absolute Gasteiger partial charge is 0.395 e. The maximum Gasteiger partial charge on any atom is 0.0864 e. The van der Waals surface area contributed by atoms with Crippen LogP contribution in [-0.4, -0.2) is 29.9 Å². The number of aliphatic hydroxyl groups excluding tert-OH is 1. The molecule has 1 radical (unpaired) electrons. The Bertz CT molecular complexity index is 75.5. The number of hydrogen-bond acceptors (Lipinski definition) is 3. The molecule has 0 unspecified atom stereocenters. The molecule has 0 spiro atoms. The van der Waals surface area contributed by atoms with Crippen molar-refractivity contribution in [2.75, 3.05) is 19.8 Å². The summed E-state index contributed by atoms with van der Waals surface area (Å²) in [5, 5.41) is 9.67. The Labute approximate surface area is 55.5 Å². The molecule has 0 saturated heterocycles. The van der Waals surface area contributed by atoms with Crippen molar-refractivity contribution in [3.63, 3.8) is 0 Å². The van der Waals surface area contributed by atoms with E-state index in [9.17, 15) is 0 Å². The monoisotopic (exact) mass is 130 g/mol. The predicted molar refractivity (Wildman–Crippen MR) is 35.3 cm³/mol. The molecular formula is C6H12NO2. The van der Waals surface area contributed by atoms with Gasteiger partial charge in [-0.15, -0.1) is 6.58 Å².